The zero-order valence-electron chi connectivity index (χ0n) is 16.7. The average molecular weight is 406 g/mol. The van der Waals surface area contributed by atoms with Crippen molar-refractivity contribution in [3.8, 4) is 5.69 Å². The minimum absolute atomic E-state index is 0.136. The van der Waals surface area contributed by atoms with Gasteiger partial charge in [0.15, 0.2) is 5.82 Å². The summed E-state index contributed by atoms with van der Waals surface area (Å²) in [6, 6.07) is 13.2. The number of halogens is 1. The quantitative estimate of drug-likeness (QED) is 0.529. The molecule has 3 heterocycles. The number of piperidine rings is 1. The highest BCUT2D eigenvalue weighted by Crippen LogP contribution is 2.27. The van der Waals surface area contributed by atoms with Crippen LogP contribution in [0.5, 0.6) is 0 Å². The first-order valence-electron chi connectivity index (χ1n) is 10.2. The number of hydrogen-bond donors (Lipinski definition) is 2. The largest absolute Gasteiger partial charge is 0.464 e. The van der Waals surface area contributed by atoms with Gasteiger partial charge in [0.1, 0.15) is 11.4 Å². The van der Waals surface area contributed by atoms with E-state index in [0.29, 0.717) is 6.54 Å². The molecule has 154 valence electrons. The molecular weight excluding hydrogens is 383 g/mol. The Morgan fingerprint density at radius 2 is 2.10 bits per heavy atom. The molecule has 2 aromatic carbocycles. The Labute approximate surface area is 173 Å². The van der Waals surface area contributed by atoms with Crippen LogP contribution in [-0.2, 0) is 6.54 Å². The summed E-state index contributed by atoms with van der Waals surface area (Å²) < 4.78 is 20.8. The van der Waals surface area contributed by atoms with E-state index in [1.165, 1.54) is 12.1 Å². The lowest BCUT2D eigenvalue weighted by atomic mass is 9.92. The Kier molecular flexibility index (Phi) is 5.02. The standard InChI is InChI=1S/C22H23FN6O/c1-14-26-27-28-29(14)19-11-16-8-10-30-22(16)17(12-19)13-25-20-3-2-9-24-21(20)15-4-6-18(23)7-5-15/h4-8,10-12,20-21,24-25H,2-3,9,13H2,1H3/t20-,21-/m0/s1. The second-order valence-electron chi connectivity index (χ2n) is 7.69. The molecule has 30 heavy (non-hydrogen) atoms. The Balaban J connectivity index is 1.41. The normalized spacial score (nSPS) is 19.4. The highest BCUT2D eigenvalue weighted by atomic mass is 19.1. The van der Waals surface area contributed by atoms with Gasteiger partial charge in [0.2, 0.25) is 0 Å². The molecule has 0 unspecified atom stereocenters. The van der Waals surface area contributed by atoms with E-state index >= 15 is 0 Å². The van der Waals surface area contributed by atoms with Gasteiger partial charge in [0.25, 0.3) is 0 Å². The monoisotopic (exact) mass is 406 g/mol. The van der Waals surface area contributed by atoms with E-state index in [1.807, 2.05) is 31.2 Å². The van der Waals surface area contributed by atoms with Crippen LogP contribution in [0.25, 0.3) is 16.7 Å². The van der Waals surface area contributed by atoms with Gasteiger partial charge in [-0.15, -0.1) is 5.10 Å². The minimum atomic E-state index is -0.214. The molecule has 8 heteroatoms. The van der Waals surface area contributed by atoms with Crippen molar-refractivity contribution in [3.05, 3.63) is 71.5 Å². The lowest BCUT2D eigenvalue weighted by Crippen LogP contribution is -2.45. The van der Waals surface area contributed by atoms with Crippen LogP contribution in [0.3, 0.4) is 0 Å². The third kappa shape index (κ3) is 3.59. The molecule has 5 rings (SSSR count). The topological polar surface area (TPSA) is 80.8 Å². The van der Waals surface area contributed by atoms with Crippen molar-refractivity contribution in [2.45, 2.75) is 38.4 Å². The summed E-state index contributed by atoms with van der Waals surface area (Å²) in [6.45, 7) is 3.47. The van der Waals surface area contributed by atoms with Crippen molar-refractivity contribution in [1.82, 2.24) is 30.8 Å². The van der Waals surface area contributed by atoms with E-state index in [1.54, 1.807) is 10.9 Å². The predicted molar refractivity (Wildman–Crippen MR) is 111 cm³/mol. The first kappa shape index (κ1) is 18.9. The fourth-order valence-corrected chi connectivity index (χ4v) is 4.23. The van der Waals surface area contributed by atoms with Crippen molar-refractivity contribution in [3.63, 3.8) is 0 Å². The summed E-state index contributed by atoms with van der Waals surface area (Å²) in [6.07, 6.45) is 3.84. The minimum Gasteiger partial charge on any atom is -0.464 e. The first-order valence-corrected chi connectivity index (χ1v) is 10.2. The van der Waals surface area contributed by atoms with Crippen LogP contribution >= 0.6 is 0 Å². The second kappa shape index (κ2) is 7.97. The molecular formula is C22H23FN6O. The zero-order chi connectivity index (χ0) is 20.5. The molecule has 0 amide bonds. The van der Waals surface area contributed by atoms with Crippen LogP contribution in [-0.4, -0.2) is 32.8 Å². The summed E-state index contributed by atoms with van der Waals surface area (Å²) in [4.78, 5) is 0. The van der Waals surface area contributed by atoms with E-state index in [9.17, 15) is 4.39 Å². The van der Waals surface area contributed by atoms with E-state index < -0.39 is 0 Å². The zero-order valence-corrected chi connectivity index (χ0v) is 16.7. The van der Waals surface area contributed by atoms with Crippen molar-refractivity contribution < 1.29 is 8.81 Å². The fraction of sp³-hybridized carbons (Fsp3) is 0.318. The number of benzene rings is 2. The summed E-state index contributed by atoms with van der Waals surface area (Å²) in [7, 11) is 0. The van der Waals surface area contributed by atoms with Crippen LogP contribution < -0.4 is 10.6 Å². The van der Waals surface area contributed by atoms with E-state index in [-0.39, 0.29) is 17.9 Å². The highest BCUT2D eigenvalue weighted by molar-refractivity contribution is 5.82. The van der Waals surface area contributed by atoms with Gasteiger partial charge < -0.3 is 15.1 Å². The molecule has 4 aromatic rings. The van der Waals surface area contributed by atoms with E-state index in [4.69, 9.17) is 4.42 Å². The lowest BCUT2D eigenvalue weighted by molar-refractivity contribution is 0.304. The number of aryl methyl sites for hydroxylation is 1. The van der Waals surface area contributed by atoms with Gasteiger partial charge in [-0.05, 0) is 72.6 Å². The molecule has 0 radical (unpaired) electrons. The fourth-order valence-electron chi connectivity index (χ4n) is 4.23. The Morgan fingerprint density at radius 1 is 1.23 bits per heavy atom. The first-order chi connectivity index (χ1) is 14.7. The maximum absolute atomic E-state index is 13.4. The molecule has 0 saturated carbocycles. The third-order valence-corrected chi connectivity index (χ3v) is 5.73. The molecule has 1 saturated heterocycles. The SMILES string of the molecule is Cc1nnnn1-c1cc(CN[C@H]2CCCN[C@H]2c2ccc(F)cc2)c2occc2c1. The molecule has 0 aliphatic carbocycles. The Morgan fingerprint density at radius 3 is 2.90 bits per heavy atom. The van der Waals surface area contributed by atoms with Crippen LogP contribution in [0.1, 0.15) is 35.8 Å². The number of aromatic nitrogens is 4. The summed E-state index contributed by atoms with van der Waals surface area (Å²) in [5, 5.41) is 20.1. The van der Waals surface area contributed by atoms with Crippen molar-refractivity contribution >= 4 is 11.0 Å². The molecule has 2 atom stereocenters. The van der Waals surface area contributed by atoms with Crippen molar-refractivity contribution in [1.29, 1.82) is 0 Å². The smallest absolute Gasteiger partial charge is 0.153 e. The van der Waals surface area contributed by atoms with Gasteiger partial charge in [0.05, 0.1) is 12.0 Å². The number of tetrazole rings is 1. The molecule has 1 aliphatic heterocycles. The van der Waals surface area contributed by atoms with Gasteiger partial charge in [-0.3, -0.25) is 0 Å². The van der Waals surface area contributed by atoms with E-state index in [0.717, 1.165) is 53.0 Å². The number of rotatable bonds is 5. The lowest BCUT2D eigenvalue weighted by Gasteiger charge is -2.34. The second-order valence-corrected chi connectivity index (χ2v) is 7.69. The molecule has 1 fully saturated rings. The van der Waals surface area contributed by atoms with E-state index in [2.05, 4.69) is 32.2 Å². The summed E-state index contributed by atoms with van der Waals surface area (Å²) >= 11 is 0. The molecule has 0 bridgehead atoms. The number of hydrogen-bond acceptors (Lipinski definition) is 6. The highest BCUT2D eigenvalue weighted by Gasteiger charge is 2.26. The molecule has 7 nitrogen and oxygen atoms in total. The summed E-state index contributed by atoms with van der Waals surface area (Å²) in [5.41, 5.74) is 3.90. The Hall–Kier alpha value is -3.10. The van der Waals surface area contributed by atoms with Gasteiger partial charge in [0, 0.05) is 29.6 Å². The van der Waals surface area contributed by atoms with Gasteiger partial charge in [-0.2, -0.15) is 4.68 Å². The number of fused-ring (bicyclic) bond motifs is 1. The number of furan rings is 1. The predicted octanol–water partition coefficient (Wildman–Crippen LogP) is 3.44. The third-order valence-electron chi connectivity index (χ3n) is 5.73. The summed E-state index contributed by atoms with van der Waals surface area (Å²) in [5.74, 6) is 0.513. The van der Waals surface area contributed by atoms with Crippen LogP contribution in [0, 0.1) is 12.7 Å². The molecule has 0 spiro atoms. The molecule has 2 aromatic heterocycles. The molecule has 2 N–H and O–H groups in total. The number of nitrogens with zero attached hydrogens (tertiary/aromatic N) is 4. The van der Waals surface area contributed by atoms with Gasteiger partial charge in [-0.1, -0.05) is 12.1 Å². The van der Waals surface area contributed by atoms with Crippen LogP contribution in [0.4, 0.5) is 4.39 Å². The van der Waals surface area contributed by atoms with Gasteiger partial charge >= 0.3 is 0 Å². The van der Waals surface area contributed by atoms with Crippen molar-refractivity contribution in [2.75, 3.05) is 6.54 Å². The molecule has 1 aliphatic rings. The Bertz CT molecular complexity index is 1150. The van der Waals surface area contributed by atoms with Crippen LogP contribution in [0.15, 0.2) is 53.1 Å². The van der Waals surface area contributed by atoms with Crippen molar-refractivity contribution in [2.24, 2.45) is 0 Å². The average Bonchev–Trinajstić information content (AvgIpc) is 3.41. The van der Waals surface area contributed by atoms with Gasteiger partial charge in [-0.25, -0.2) is 4.39 Å². The maximum atomic E-state index is 13.4. The van der Waals surface area contributed by atoms with Crippen LogP contribution in [0.2, 0.25) is 0 Å². The maximum Gasteiger partial charge on any atom is 0.153 e. The number of nitrogens with one attached hydrogen (secondary N) is 2.